The summed E-state index contributed by atoms with van der Waals surface area (Å²) in [5.74, 6) is 0.463. The summed E-state index contributed by atoms with van der Waals surface area (Å²) in [6.45, 7) is 0. The predicted octanol–water partition coefficient (Wildman–Crippen LogP) is 3.64. The van der Waals surface area contributed by atoms with Crippen LogP contribution in [-0.2, 0) is 5.54 Å². The van der Waals surface area contributed by atoms with E-state index < -0.39 is 5.54 Å². The Morgan fingerprint density at radius 2 is 1.69 bits per heavy atom. The lowest BCUT2D eigenvalue weighted by molar-refractivity contribution is 0.0893. The Labute approximate surface area is 169 Å². The molecule has 1 fully saturated rings. The van der Waals surface area contributed by atoms with Gasteiger partial charge in [-0.25, -0.2) is 4.98 Å². The quantitative estimate of drug-likeness (QED) is 0.698. The molecule has 1 aliphatic carbocycles. The SMILES string of the molecule is COc1cnc(C2(NC(=O)c3ccc(-c4ccccc4)cc3)CCCC2)[nH]c1=O. The Morgan fingerprint density at radius 1 is 1.03 bits per heavy atom. The first-order chi connectivity index (χ1) is 14.1. The van der Waals surface area contributed by atoms with Crippen molar-refractivity contribution in [3.05, 3.63) is 82.5 Å². The summed E-state index contributed by atoms with van der Waals surface area (Å²) in [6, 6.07) is 17.6. The highest BCUT2D eigenvalue weighted by molar-refractivity contribution is 5.95. The van der Waals surface area contributed by atoms with Crippen LogP contribution in [-0.4, -0.2) is 23.0 Å². The van der Waals surface area contributed by atoms with Crippen LogP contribution in [0.2, 0.25) is 0 Å². The number of carbonyl (C=O) groups is 1. The normalized spacial score (nSPS) is 15.1. The molecule has 1 aliphatic rings. The van der Waals surface area contributed by atoms with Crippen LogP contribution in [0.4, 0.5) is 0 Å². The fraction of sp³-hybridized carbons (Fsp3) is 0.261. The average molecular weight is 389 g/mol. The van der Waals surface area contributed by atoms with Gasteiger partial charge in [0.15, 0.2) is 0 Å². The number of aromatic amines is 1. The number of nitrogens with one attached hydrogen (secondary N) is 2. The zero-order chi connectivity index (χ0) is 20.3. The molecule has 148 valence electrons. The molecule has 1 heterocycles. The predicted molar refractivity (Wildman–Crippen MR) is 111 cm³/mol. The van der Waals surface area contributed by atoms with Gasteiger partial charge in [0.1, 0.15) is 5.82 Å². The van der Waals surface area contributed by atoms with E-state index in [9.17, 15) is 9.59 Å². The highest BCUT2D eigenvalue weighted by Crippen LogP contribution is 2.37. The molecule has 1 saturated carbocycles. The van der Waals surface area contributed by atoms with Gasteiger partial charge in [0, 0.05) is 5.56 Å². The Bertz CT molecular complexity index is 1050. The molecule has 1 amide bonds. The van der Waals surface area contributed by atoms with E-state index >= 15 is 0 Å². The largest absolute Gasteiger partial charge is 0.490 e. The molecule has 0 atom stereocenters. The van der Waals surface area contributed by atoms with Crippen molar-refractivity contribution in [3.63, 3.8) is 0 Å². The minimum absolute atomic E-state index is 0.157. The summed E-state index contributed by atoms with van der Waals surface area (Å²) in [5.41, 5.74) is 1.73. The molecule has 0 radical (unpaired) electrons. The van der Waals surface area contributed by atoms with Crippen LogP contribution in [0.3, 0.4) is 0 Å². The van der Waals surface area contributed by atoms with E-state index in [-0.39, 0.29) is 17.2 Å². The second-order valence-electron chi connectivity index (χ2n) is 7.32. The van der Waals surface area contributed by atoms with Gasteiger partial charge in [-0.1, -0.05) is 55.3 Å². The number of amides is 1. The number of hydrogen-bond acceptors (Lipinski definition) is 4. The van der Waals surface area contributed by atoms with Crippen LogP contribution < -0.4 is 15.6 Å². The van der Waals surface area contributed by atoms with Gasteiger partial charge in [-0.05, 0) is 36.1 Å². The number of aromatic nitrogens is 2. The summed E-state index contributed by atoms with van der Waals surface area (Å²) in [6.07, 6.45) is 4.80. The number of nitrogens with zero attached hydrogens (tertiary/aromatic N) is 1. The molecule has 6 heteroatoms. The van der Waals surface area contributed by atoms with Gasteiger partial charge >= 0.3 is 0 Å². The molecule has 1 aromatic heterocycles. The van der Waals surface area contributed by atoms with Crippen LogP contribution in [0, 0.1) is 0 Å². The van der Waals surface area contributed by atoms with E-state index in [1.807, 2.05) is 54.6 Å². The van der Waals surface area contributed by atoms with Crippen molar-refractivity contribution < 1.29 is 9.53 Å². The third-order valence-electron chi connectivity index (χ3n) is 5.50. The second-order valence-corrected chi connectivity index (χ2v) is 7.32. The topological polar surface area (TPSA) is 84.1 Å². The van der Waals surface area contributed by atoms with Gasteiger partial charge in [-0.15, -0.1) is 0 Å². The minimum atomic E-state index is -0.666. The zero-order valence-corrected chi connectivity index (χ0v) is 16.3. The van der Waals surface area contributed by atoms with Crippen LogP contribution in [0.25, 0.3) is 11.1 Å². The van der Waals surface area contributed by atoms with Gasteiger partial charge in [0.05, 0.1) is 18.8 Å². The van der Waals surface area contributed by atoms with Crippen LogP contribution in [0.5, 0.6) is 5.75 Å². The van der Waals surface area contributed by atoms with Crippen molar-refractivity contribution in [3.8, 4) is 16.9 Å². The summed E-state index contributed by atoms with van der Waals surface area (Å²) >= 11 is 0. The summed E-state index contributed by atoms with van der Waals surface area (Å²) in [4.78, 5) is 32.3. The maximum absolute atomic E-state index is 13.0. The Balaban J connectivity index is 1.58. The lowest BCUT2D eigenvalue weighted by Gasteiger charge is -2.29. The van der Waals surface area contributed by atoms with E-state index in [1.165, 1.54) is 13.3 Å². The molecule has 0 saturated heterocycles. The molecule has 3 aromatic rings. The minimum Gasteiger partial charge on any atom is -0.490 e. The molecule has 29 heavy (non-hydrogen) atoms. The highest BCUT2D eigenvalue weighted by Gasteiger charge is 2.39. The fourth-order valence-electron chi connectivity index (χ4n) is 3.91. The number of H-pyrrole nitrogens is 1. The molecule has 2 N–H and O–H groups in total. The van der Waals surface area contributed by atoms with Crippen molar-refractivity contribution >= 4 is 5.91 Å². The van der Waals surface area contributed by atoms with Crippen molar-refractivity contribution in [2.24, 2.45) is 0 Å². The summed E-state index contributed by atoms with van der Waals surface area (Å²) in [7, 11) is 1.43. The number of hydrogen-bond donors (Lipinski definition) is 2. The van der Waals surface area contributed by atoms with Gasteiger partial charge in [0.2, 0.25) is 5.75 Å². The molecule has 0 aliphatic heterocycles. The van der Waals surface area contributed by atoms with Crippen molar-refractivity contribution in [1.82, 2.24) is 15.3 Å². The molecular formula is C23H23N3O3. The first-order valence-corrected chi connectivity index (χ1v) is 9.73. The molecular weight excluding hydrogens is 366 g/mol. The van der Waals surface area contributed by atoms with Crippen molar-refractivity contribution in [2.45, 2.75) is 31.2 Å². The van der Waals surface area contributed by atoms with Gasteiger partial charge in [0.25, 0.3) is 11.5 Å². The highest BCUT2D eigenvalue weighted by atomic mass is 16.5. The lowest BCUT2D eigenvalue weighted by atomic mass is 9.95. The number of carbonyl (C=O) groups excluding carboxylic acids is 1. The van der Waals surface area contributed by atoms with Crippen LogP contribution in [0.15, 0.2) is 65.6 Å². The maximum atomic E-state index is 13.0. The van der Waals surface area contributed by atoms with E-state index in [1.54, 1.807) is 0 Å². The van der Waals surface area contributed by atoms with E-state index in [4.69, 9.17) is 4.74 Å². The molecule has 0 spiro atoms. The molecule has 6 nitrogen and oxygen atoms in total. The Hall–Kier alpha value is -3.41. The Kier molecular flexibility index (Phi) is 5.16. The van der Waals surface area contributed by atoms with E-state index in [0.717, 1.165) is 36.8 Å². The lowest BCUT2D eigenvalue weighted by Crippen LogP contribution is -2.45. The Morgan fingerprint density at radius 3 is 2.31 bits per heavy atom. The van der Waals surface area contributed by atoms with Gasteiger partial charge < -0.3 is 15.0 Å². The van der Waals surface area contributed by atoms with Crippen LogP contribution >= 0.6 is 0 Å². The summed E-state index contributed by atoms with van der Waals surface area (Å²) in [5, 5.41) is 3.14. The molecule has 0 unspecified atom stereocenters. The number of methoxy groups -OCH3 is 1. The van der Waals surface area contributed by atoms with Crippen molar-refractivity contribution in [1.29, 1.82) is 0 Å². The summed E-state index contributed by atoms with van der Waals surface area (Å²) < 4.78 is 5.00. The first kappa shape index (κ1) is 18.9. The third kappa shape index (κ3) is 3.78. The van der Waals surface area contributed by atoms with E-state index in [0.29, 0.717) is 11.4 Å². The molecule has 4 rings (SSSR count). The van der Waals surface area contributed by atoms with Crippen LogP contribution in [0.1, 0.15) is 41.9 Å². The first-order valence-electron chi connectivity index (χ1n) is 9.73. The number of rotatable bonds is 5. The maximum Gasteiger partial charge on any atom is 0.293 e. The van der Waals surface area contributed by atoms with E-state index in [2.05, 4.69) is 15.3 Å². The molecule has 2 aromatic carbocycles. The van der Waals surface area contributed by atoms with Crippen molar-refractivity contribution in [2.75, 3.05) is 7.11 Å². The number of ether oxygens (including phenoxy) is 1. The monoisotopic (exact) mass is 389 g/mol. The average Bonchev–Trinajstić information content (AvgIpc) is 3.24. The zero-order valence-electron chi connectivity index (χ0n) is 16.3. The third-order valence-corrected chi connectivity index (χ3v) is 5.50. The number of benzene rings is 2. The standard InChI is InChI=1S/C23H23N3O3/c1-29-19-15-24-22(25-21(19)28)23(13-5-6-14-23)26-20(27)18-11-9-17(10-12-18)16-7-3-2-4-8-16/h2-4,7-12,15H,5-6,13-14H2,1H3,(H,26,27)(H,24,25,28). The van der Waals surface area contributed by atoms with Gasteiger partial charge in [-0.3, -0.25) is 9.59 Å². The second kappa shape index (κ2) is 7.91. The fourth-order valence-corrected chi connectivity index (χ4v) is 3.91. The smallest absolute Gasteiger partial charge is 0.293 e. The van der Waals surface area contributed by atoms with Gasteiger partial charge in [-0.2, -0.15) is 0 Å². The molecule has 0 bridgehead atoms.